The Morgan fingerprint density at radius 2 is 2.00 bits per heavy atom. The molecule has 5 heteroatoms. The lowest BCUT2D eigenvalue weighted by Crippen LogP contribution is -2.38. The van der Waals surface area contributed by atoms with E-state index in [-0.39, 0.29) is 12.5 Å². The number of aliphatic hydroxyl groups is 1. The van der Waals surface area contributed by atoms with Crippen molar-refractivity contribution >= 4 is 33.2 Å². The summed E-state index contributed by atoms with van der Waals surface area (Å²) in [4.78, 5) is 13.3. The Balaban J connectivity index is 1.69. The van der Waals surface area contributed by atoms with Crippen LogP contribution >= 0.6 is 27.3 Å². The first-order valence-electron chi connectivity index (χ1n) is 7.75. The Morgan fingerprint density at radius 1 is 1.26 bits per heavy atom. The van der Waals surface area contributed by atoms with Crippen molar-refractivity contribution in [1.29, 1.82) is 0 Å². The molecule has 1 heterocycles. The second kappa shape index (κ2) is 8.62. The lowest BCUT2D eigenvalue weighted by molar-refractivity contribution is -0.122. The van der Waals surface area contributed by atoms with Crippen LogP contribution in [0.25, 0.3) is 0 Å². The molecule has 0 fully saturated rings. The molecule has 0 saturated heterocycles. The van der Waals surface area contributed by atoms with Crippen LogP contribution in [0.3, 0.4) is 0 Å². The zero-order valence-corrected chi connectivity index (χ0v) is 15.6. The average Bonchev–Trinajstić information content (AvgIpc) is 3.03. The fourth-order valence-corrected chi connectivity index (χ4v) is 3.33. The van der Waals surface area contributed by atoms with Crippen LogP contribution in [-0.4, -0.2) is 17.6 Å². The minimum atomic E-state index is -1.06. The number of nitrogens with one attached hydrogen (secondary N) is 1. The highest BCUT2D eigenvalue weighted by Gasteiger charge is 2.23. The van der Waals surface area contributed by atoms with Crippen LogP contribution in [0.15, 0.2) is 46.3 Å². The first kappa shape index (κ1) is 18.2. The van der Waals surface area contributed by atoms with Gasteiger partial charge in [-0.15, -0.1) is 11.3 Å². The molecule has 1 amide bonds. The van der Waals surface area contributed by atoms with Crippen molar-refractivity contribution in [3.63, 3.8) is 0 Å². The molecule has 1 atom stereocenters. The SMILES string of the molecule is CC(O)(CNC(=O)CCCCc1cccs1)c1ccc(Br)cc1. The number of benzene rings is 1. The van der Waals surface area contributed by atoms with E-state index in [4.69, 9.17) is 0 Å². The van der Waals surface area contributed by atoms with Crippen LogP contribution in [-0.2, 0) is 16.8 Å². The first-order chi connectivity index (χ1) is 11.0. The second-order valence-electron chi connectivity index (χ2n) is 5.84. The van der Waals surface area contributed by atoms with Crippen molar-refractivity contribution in [1.82, 2.24) is 5.32 Å². The number of rotatable bonds is 8. The third kappa shape index (κ3) is 6.09. The van der Waals surface area contributed by atoms with Gasteiger partial charge in [-0.05, 0) is 55.3 Å². The molecule has 2 rings (SSSR count). The lowest BCUT2D eigenvalue weighted by atomic mass is 9.96. The maximum atomic E-state index is 11.9. The van der Waals surface area contributed by atoms with Crippen molar-refractivity contribution in [3.05, 3.63) is 56.7 Å². The van der Waals surface area contributed by atoms with Gasteiger partial charge in [-0.25, -0.2) is 0 Å². The van der Waals surface area contributed by atoms with Crippen molar-refractivity contribution < 1.29 is 9.90 Å². The van der Waals surface area contributed by atoms with E-state index in [0.29, 0.717) is 6.42 Å². The number of carbonyl (C=O) groups is 1. The van der Waals surface area contributed by atoms with Gasteiger partial charge in [0.2, 0.25) is 5.91 Å². The van der Waals surface area contributed by atoms with E-state index in [1.165, 1.54) is 4.88 Å². The van der Waals surface area contributed by atoms with E-state index in [2.05, 4.69) is 38.8 Å². The zero-order valence-electron chi connectivity index (χ0n) is 13.2. The topological polar surface area (TPSA) is 49.3 Å². The normalized spacial score (nSPS) is 13.5. The zero-order chi connectivity index (χ0) is 16.7. The van der Waals surface area contributed by atoms with Gasteiger partial charge in [0, 0.05) is 15.8 Å². The van der Waals surface area contributed by atoms with E-state index < -0.39 is 5.60 Å². The number of unbranched alkanes of at least 4 members (excludes halogenated alkanes) is 1. The molecule has 0 aliphatic rings. The summed E-state index contributed by atoms with van der Waals surface area (Å²) in [5.74, 6) is -0.00596. The second-order valence-corrected chi connectivity index (χ2v) is 7.79. The summed E-state index contributed by atoms with van der Waals surface area (Å²) < 4.78 is 0.965. The van der Waals surface area contributed by atoms with E-state index in [9.17, 15) is 9.90 Å². The molecule has 0 bridgehead atoms. The summed E-state index contributed by atoms with van der Waals surface area (Å²) in [6.45, 7) is 1.94. The number of carbonyl (C=O) groups excluding carboxylic acids is 1. The lowest BCUT2D eigenvalue weighted by Gasteiger charge is -2.24. The number of aryl methyl sites for hydroxylation is 1. The monoisotopic (exact) mass is 395 g/mol. The van der Waals surface area contributed by atoms with Crippen LogP contribution in [0.5, 0.6) is 0 Å². The Morgan fingerprint density at radius 3 is 2.65 bits per heavy atom. The van der Waals surface area contributed by atoms with Gasteiger partial charge in [0.15, 0.2) is 0 Å². The number of halogens is 1. The largest absolute Gasteiger partial charge is 0.384 e. The van der Waals surface area contributed by atoms with Gasteiger partial charge in [-0.2, -0.15) is 0 Å². The van der Waals surface area contributed by atoms with Gasteiger partial charge in [0.05, 0.1) is 6.54 Å². The highest BCUT2D eigenvalue weighted by molar-refractivity contribution is 9.10. The Labute approximate surface area is 149 Å². The minimum Gasteiger partial charge on any atom is -0.384 e. The molecule has 0 saturated carbocycles. The summed E-state index contributed by atoms with van der Waals surface area (Å²) in [7, 11) is 0. The average molecular weight is 396 g/mol. The van der Waals surface area contributed by atoms with E-state index in [1.807, 2.05) is 24.3 Å². The molecule has 0 radical (unpaired) electrons. The van der Waals surface area contributed by atoms with Gasteiger partial charge in [0.25, 0.3) is 0 Å². The van der Waals surface area contributed by atoms with Crippen molar-refractivity contribution in [2.45, 2.75) is 38.2 Å². The molecular formula is C18H22BrNO2S. The number of hydrogen-bond donors (Lipinski definition) is 2. The Hall–Kier alpha value is -1.17. The van der Waals surface area contributed by atoms with Crippen molar-refractivity contribution in [2.75, 3.05) is 6.54 Å². The molecule has 124 valence electrons. The van der Waals surface area contributed by atoms with Gasteiger partial charge in [0.1, 0.15) is 5.60 Å². The predicted octanol–water partition coefficient (Wildman–Crippen LogP) is 4.25. The molecule has 23 heavy (non-hydrogen) atoms. The molecule has 1 aromatic carbocycles. The van der Waals surface area contributed by atoms with Crippen LogP contribution in [0.1, 0.15) is 36.6 Å². The quantitative estimate of drug-likeness (QED) is 0.656. The molecule has 0 spiro atoms. The van der Waals surface area contributed by atoms with Crippen LogP contribution < -0.4 is 5.32 Å². The van der Waals surface area contributed by atoms with Crippen molar-refractivity contribution in [3.8, 4) is 0 Å². The van der Waals surface area contributed by atoms with E-state index in [1.54, 1.807) is 18.3 Å². The van der Waals surface area contributed by atoms with Crippen LogP contribution in [0, 0.1) is 0 Å². The number of amides is 1. The summed E-state index contributed by atoms with van der Waals surface area (Å²) in [5, 5.41) is 15.4. The van der Waals surface area contributed by atoms with E-state index in [0.717, 1.165) is 29.3 Å². The fraction of sp³-hybridized carbons (Fsp3) is 0.389. The summed E-state index contributed by atoms with van der Waals surface area (Å²) in [6.07, 6.45) is 3.41. The first-order valence-corrected chi connectivity index (χ1v) is 9.42. The highest BCUT2D eigenvalue weighted by Crippen LogP contribution is 2.22. The van der Waals surface area contributed by atoms with Gasteiger partial charge < -0.3 is 10.4 Å². The Bertz CT molecular complexity index is 608. The molecule has 2 aromatic rings. The number of hydrogen-bond acceptors (Lipinski definition) is 3. The third-order valence-corrected chi connectivity index (χ3v) is 5.22. The van der Waals surface area contributed by atoms with Gasteiger partial charge in [-0.3, -0.25) is 4.79 Å². The standard InChI is InChI=1S/C18H22BrNO2S/c1-18(22,14-8-10-15(19)11-9-14)13-20-17(21)7-3-2-5-16-6-4-12-23-16/h4,6,8-12,22H,2-3,5,7,13H2,1H3,(H,20,21). The van der Waals surface area contributed by atoms with Crippen molar-refractivity contribution in [2.24, 2.45) is 0 Å². The molecule has 1 aromatic heterocycles. The maximum Gasteiger partial charge on any atom is 0.220 e. The predicted molar refractivity (Wildman–Crippen MR) is 98.6 cm³/mol. The third-order valence-electron chi connectivity index (χ3n) is 3.75. The highest BCUT2D eigenvalue weighted by atomic mass is 79.9. The minimum absolute atomic E-state index is 0.00596. The van der Waals surface area contributed by atoms with Crippen LogP contribution in [0.2, 0.25) is 0 Å². The molecule has 3 nitrogen and oxygen atoms in total. The van der Waals surface area contributed by atoms with Gasteiger partial charge in [-0.1, -0.05) is 34.1 Å². The van der Waals surface area contributed by atoms with E-state index >= 15 is 0 Å². The molecular weight excluding hydrogens is 374 g/mol. The summed E-state index contributed by atoms with van der Waals surface area (Å²) in [6, 6.07) is 11.7. The summed E-state index contributed by atoms with van der Waals surface area (Å²) >= 11 is 5.13. The smallest absolute Gasteiger partial charge is 0.220 e. The molecule has 1 unspecified atom stereocenters. The molecule has 0 aliphatic carbocycles. The molecule has 2 N–H and O–H groups in total. The Kier molecular flexibility index (Phi) is 6.81. The van der Waals surface area contributed by atoms with Crippen LogP contribution in [0.4, 0.5) is 0 Å². The summed E-state index contributed by atoms with van der Waals surface area (Å²) in [5.41, 5.74) is -0.272. The maximum absolute atomic E-state index is 11.9. The number of thiophene rings is 1. The fourth-order valence-electron chi connectivity index (χ4n) is 2.31. The molecule has 0 aliphatic heterocycles. The van der Waals surface area contributed by atoms with Gasteiger partial charge >= 0.3 is 0 Å².